The second kappa shape index (κ2) is 7.65. The van der Waals surface area contributed by atoms with E-state index in [4.69, 9.17) is 14.0 Å². The third kappa shape index (κ3) is 3.45. The summed E-state index contributed by atoms with van der Waals surface area (Å²) in [5.74, 6) is 3.06. The van der Waals surface area contributed by atoms with Crippen molar-refractivity contribution in [2.45, 2.75) is 19.3 Å². The third-order valence-corrected chi connectivity index (χ3v) is 4.74. The number of piperidine rings is 1. The Labute approximate surface area is 157 Å². The van der Waals surface area contributed by atoms with Crippen LogP contribution in [0.15, 0.2) is 41.1 Å². The molecule has 0 spiro atoms. The number of pyridine rings is 1. The molecule has 3 heterocycles. The van der Waals surface area contributed by atoms with Gasteiger partial charge in [0.1, 0.15) is 5.82 Å². The standard InChI is InChI=1S/C20H22N4O3/c1-25-16-8-6-7-15(18(16)26-2)19-22-20(27-23-19)14-9-10-17(21-13-14)24-11-4-3-5-12-24/h6-10,13H,3-5,11-12H2,1-2H3. The van der Waals surface area contributed by atoms with Crippen molar-refractivity contribution in [2.24, 2.45) is 0 Å². The van der Waals surface area contributed by atoms with Crippen molar-refractivity contribution in [1.82, 2.24) is 15.1 Å². The second-order valence-electron chi connectivity index (χ2n) is 6.42. The highest BCUT2D eigenvalue weighted by Gasteiger charge is 2.18. The number of anilines is 1. The molecular formula is C20H22N4O3. The average molecular weight is 366 g/mol. The topological polar surface area (TPSA) is 73.5 Å². The molecule has 1 saturated heterocycles. The number of benzene rings is 1. The van der Waals surface area contributed by atoms with Gasteiger partial charge in [-0.05, 0) is 43.5 Å². The fourth-order valence-electron chi connectivity index (χ4n) is 3.34. The lowest BCUT2D eigenvalue weighted by Crippen LogP contribution is -2.29. The molecule has 0 unspecified atom stereocenters. The van der Waals surface area contributed by atoms with Crippen molar-refractivity contribution in [3.8, 4) is 34.3 Å². The SMILES string of the molecule is COc1cccc(-c2noc(-c3ccc(N4CCCCC4)nc3)n2)c1OC. The summed E-state index contributed by atoms with van der Waals surface area (Å²) in [5.41, 5.74) is 1.50. The van der Waals surface area contributed by atoms with E-state index < -0.39 is 0 Å². The molecule has 1 aliphatic rings. The van der Waals surface area contributed by atoms with E-state index >= 15 is 0 Å². The molecule has 1 fully saturated rings. The Morgan fingerprint density at radius 3 is 2.56 bits per heavy atom. The van der Waals surface area contributed by atoms with Crippen LogP contribution in [0.2, 0.25) is 0 Å². The first-order valence-corrected chi connectivity index (χ1v) is 9.06. The van der Waals surface area contributed by atoms with Crippen LogP contribution in [0.5, 0.6) is 11.5 Å². The molecule has 1 aliphatic heterocycles. The van der Waals surface area contributed by atoms with Gasteiger partial charge in [0.15, 0.2) is 11.5 Å². The molecule has 7 heteroatoms. The van der Waals surface area contributed by atoms with Gasteiger partial charge < -0.3 is 18.9 Å². The average Bonchev–Trinajstić information content (AvgIpc) is 3.24. The Morgan fingerprint density at radius 2 is 1.85 bits per heavy atom. The van der Waals surface area contributed by atoms with Gasteiger partial charge in [0.2, 0.25) is 5.82 Å². The van der Waals surface area contributed by atoms with Gasteiger partial charge in [0.25, 0.3) is 5.89 Å². The summed E-state index contributed by atoms with van der Waals surface area (Å²) < 4.78 is 16.2. The minimum atomic E-state index is 0.424. The highest BCUT2D eigenvalue weighted by Crippen LogP contribution is 2.37. The summed E-state index contributed by atoms with van der Waals surface area (Å²) in [6.45, 7) is 2.12. The minimum absolute atomic E-state index is 0.424. The Bertz CT molecular complexity index is 902. The molecule has 0 aliphatic carbocycles. The van der Waals surface area contributed by atoms with E-state index in [-0.39, 0.29) is 0 Å². The van der Waals surface area contributed by atoms with E-state index in [0.717, 1.165) is 24.5 Å². The maximum atomic E-state index is 5.46. The van der Waals surface area contributed by atoms with Crippen LogP contribution in [0.1, 0.15) is 19.3 Å². The lowest BCUT2D eigenvalue weighted by molar-refractivity contribution is 0.355. The second-order valence-corrected chi connectivity index (χ2v) is 6.42. The van der Waals surface area contributed by atoms with E-state index in [9.17, 15) is 0 Å². The molecule has 0 bridgehead atoms. The van der Waals surface area contributed by atoms with Crippen LogP contribution in [0.25, 0.3) is 22.8 Å². The quantitative estimate of drug-likeness (QED) is 0.680. The van der Waals surface area contributed by atoms with E-state index in [0.29, 0.717) is 28.8 Å². The van der Waals surface area contributed by atoms with Gasteiger partial charge >= 0.3 is 0 Å². The number of aromatic nitrogens is 3. The molecule has 1 aromatic carbocycles. The summed E-state index contributed by atoms with van der Waals surface area (Å²) in [4.78, 5) is 11.4. The molecule has 140 valence electrons. The number of hydrogen-bond acceptors (Lipinski definition) is 7. The van der Waals surface area contributed by atoms with Crippen LogP contribution in [-0.2, 0) is 0 Å². The van der Waals surface area contributed by atoms with Crippen molar-refractivity contribution in [3.05, 3.63) is 36.5 Å². The van der Waals surface area contributed by atoms with Crippen molar-refractivity contribution in [1.29, 1.82) is 0 Å². The Balaban J connectivity index is 1.60. The van der Waals surface area contributed by atoms with Crippen LogP contribution in [0.3, 0.4) is 0 Å². The zero-order valence-corrected chi connectivity index (χ0v) is 15.5. The summed E-state index contributed by atoms with van der Waals surface area (Å²) in [6, 6.07) is 9.54. The van der Waals surface area contributed by atoms with Crippen LogP contribution in [-0.4, -0.2) is 42.4 Å². The first-order valence-electron chi connectivity index (χ1n) is 9.06. The molecule has 0 saturated carbocycles. The number of methoxy groups -OCH3 is 2. The zero-order chi connectivity index (χ0) is 18.6. The molecule has 0 amide bonds. The fourth-order valence-corrected chi connectivity index (χ4v) is 3.34. The van der Waals surface area contributed by atoms with E-state index in [2.05, 4.69) is 20.0 Å². The third-order valence-electron chi connectivity index (χ3n) is 4.74. The smallest absolute Gasteiger partial charge is 0.259 e. The van der Waals surface area contributed by atoms with E-state index in [1.54, 1.807) is 20.4 Å². The van der Waals surface area contributed by atoms with Crippen molar-refractivity contribution >= 4 is 5.82 Å². The molecule has 4 rings (SSSR count). The summed E-state index contributed by atoms with van der Waals surface area (Å²) in [5, 5.41) is 4.10. The number of nitrogens with zero attached hydrogens (tertiary/aromatic N) is 4. The highest BCUT2D eigenvalue weighted by molar-refractivity contribution is 5.69. The molecule has 0 N–H and O–H groups in total. The lowest BCUT2D eigenvalue weighted by atomic mass is 10.1. The van der Waals surface area contributed by atoms with E-state index in [1.165, 1.54) is 19.3 Å². The van der Waals surface area contributed by atoms with Crippen LogP contribution < -0.4 is 14.4 Å². The van der Waals surface area contributed by atoms with Gasteiger partial charge in [-0.25, -0.2) is 4.98 Å². The zero-order valence-electron chi connectivity index (χ0n) is 15.5. The molecule has 7 nitrogen and oxygen atoms in total. The number of hydrogen-bond donors (Lipinski definition) is 0. The molecule has 0 radical (unpaired) electrons. The van der Waals surface area contributed by atoms with Gasteiger partial charge in [-0.3, -0.25) is 0 Å². The Morgan fingerprint density at radius 1 is 1.00 bits per heavy atom. The van der Waals surface area contributed by atoms with Crippen LogP contribution in [0.4, 0.5) is 5.82 Å². The van der Waals surface area contributed by atoms with Gasteiger partial charge in [0, 0.05) is 19.3 Å². The van der Waals surface area contributed by atoms with Gasteiger partial charge in [0.05, 0.1) is 25.3 Å². The van der Waals surface area contributed by atoms with Gasteiger partial charge in [-0.1, -0.05) is 11.2 Å². The normalized spacial score (nSPS) is 14.2. The monoisotopic (exact) mass is 366 g/mol. The summed E-state index contributed by atoms with van der Waals surface area (Å²) >= 11 is 0. The largest absolute Gasteiger partial charge is 0.493 e. The lowest BCUT2D eigenvalue weighted by Gasteiger charge is -2.27. The number of ether oxygens (including phenoxy) is 2. The molecule has 27 heavy (non-hydrogen) atoms. The van der Waals surface area contributed by atoms with Crippen molar-refractivity contribution in [3.63, 3.8) is 0 Å². The van der Waals surface area contributed by atoms with Crippen LogP contribution >= 0.6 is 0 Å². The van der Waals surface area contributed by atoms with Crippen LogP contribution in [0, 0.1) is 0 Å². The predicted molar refractivity (Wildman–Crippen MR) is 102 cm³/mol. The summed E-state index contributed by atoms with van der Waals surface area (Å²) in [6.07, 6.45) is 5.52. The van der Waals surface area contributed by atoms with E-state index in [1.807, 2.05) is 30.3 Å². The molecule has 2 aromatic heterocycles. The molecule has 3 aromatic rings. The Kier molecular flexibility index (Phi) is 4.91. The van der Waals surface area contributed by atoms with Gasteiger partial charge in [-0.2, -0.15) is 4.98 Å². The minimum Gasteiger partial charge on any atom is -0.493 e. The maximum absolute atomic E-state index is 5.46. The summed E-state index contributed by atoms with van der Waals surface area (Å²) in [7, 11) is 3.18. The number of para-hydroxylation sites is 1. The van der Waals surface area contributed by atoms with Gasteiger partial charge in [-0.15, -0.1) is 0 Å². The first kappa shape index (κ1) is 17.3. The maximum Gasteiger partial charge on any atom is 0.259 e. The number of rotatable bonds is 5. The predicted octanol–water partition coefficient (Wildman–Crippen LogP) is 3.81. The fraction of sp³-hybridized carbons (Fsp3) is 0.350. The molecule has 0 atom stereocenters. The Hall–Kier alpha value is -3.09. The highest BCUT2D eigenvalue weighted by atomic mass is 16.5. The van der Waals surface area contributed by atoms with Crippen molar-refractivity contribution < 1.29 is 14.0 Å². The molecular weight excluding hydrogens is 344 g/mol. The van der Waals surface area contributed by atoms with Crippen molar-refractivity contribution in [2.75, 3.05) is 32.2 Å². The first-order chi connectivity index (χ1) is 13.3.